The standard InChI is InChI=1S/C21H30O4/c1-13-9-11-21-12-16(13)20(3,10-5-6-14(2)19(24)25-4)17(21)8-7-15(21)18(22)23/h6,9,15-17H,5,7-8,10-12H2,1-4H3,(H,22,23). The van der Waals surface area contributed by atoms with Crippen LogP contribution in [0.25, 0.3) is 0 Å². The summed E-state index contributed by atoms with van der Waals surface area (Å²) in [6, 6.07) is 0. The Balaban J connectivity index is 1.85. The van der Waals surface area contributed by atoms with Gasteiger partial charge in [0.25, 0.3) is 0 Å². The van der Waals surface area contributed by atoms with Crippen LogP contribution in [0.3, 0.4) is 0 Å². The number of allylic oxidation sites excluding steroid dienone is 3. The van der Waals surface area contributed by atoms with Gasteiger partial charge in [-0.2, -0.15) is 0 Å². The van der Waals surface area contributed by atoms with E-state index in [0.717, 1.165) is 38.5 Å². The molecule has 5 unspecified atom stereocenters. The fraction of sp³-hybridized carbons (Fsp3) is 0.714. The summed E-state index contributed by atoms with van der Waals surface area (Å²) in [5, 5.41) is 9.76. The van der Waals surface area contributed by atoms with E-state index in [1.54, 1.807) is 6.92 Å². The van der Waals surface area contributed by atoms with Crippen LogP contribution in [0, 0.1) is 28.6 Å². The summed E-state index contributed by atoms with van der Waals surface area (Å²) >= 11 is 0. The van der Waals surface area contributed by atoms with Gasteiger partial charge in [0.2, 0.25) is 0 Å². The van der Waals surface area contributed by atoms with Crippen LogP contribution in [-0.4, -0.2) is 24.2 Å². The molecule has 0 aromatic rings. The molecule has 1 N–H and O–H groups in total. The maximum absolute atomic E-state index is 11.9. The van der Waals surface area contributed by atoms with Crippen LogP contribution in [0.5, 0.6) is 0 Å². The molecule has 0 aliphatic heterocycles. The van der Waals surface area contributed by atoms with Crippen LogP contribution in [-0.2, 0) is 14.3 Å². The summed E-state index contributed by atoms with van der Waals surface area (Å²) < 4.78 is 4.77. The highest BCUT2D eigenvalue weighted by Gasteiger charge is 2.66. The summed E-state index contributed by atoms with van der Waals surface area (Å²) in [4.78, 5) is 23.4. The SMILES string of the molecule is COC(=O)C(C)=CCCC1(C)C2CC3(CC=C2C)C(C(=O)O)CCC13. The van der Waals surface area contributed by atoms with E-state index in [4.69, 9.17) is 4.74 Å². The predicted octanol–water partition coefficient (Wildman–Crippen LogP) is 4.36. The van der Waals surface area contributed by atoms with E-state index in [2.05, 4.69) is 19.9 Å². The van der Waals surface area contributed by atoms with E-state index in [0.29, 0.717) is 17.4 Å². The number of carbonyl (C=O) groups is 2. The molecule has 0 radical (unpaired) electrons. The lowest BCUT2D eigenvalue weighted by molar-refractivity contribution is -0.146. The van der Waals surface area contributed by atoms with E-state index in [9.17, 15) is 14.7 Å². The van der Waals surface area contributed by atoms with Crippen molar-refractivity contribution in [2.45, 2.75) is 59.3 Å². The van der Waals surface area contributed by atoms with E-state index >= 15 is 0 Å². The highest BCUT2D eigenvalue weighted by Crippen LogP contribution is 2.72. The van der Waals surface area contributed by atoms with Gasteiger partial charge in [0, 0.05) is 5.57 Å². The van der Waals surface area contributed by atoms with Crippen LogP contribution in [0.15, 0.2) is 23.3 Å². The van der Waals surface area contributed by atoms with Crippen molar-refractivity contribution in [2.24, 2.45) is 28.6 Å². The number of carbonyl (C=O) groups excluding carboxylic acids is 1. The first-order chi connectivity index (χ1) is 11.8. The highest BCUT2D eigenvalue weighted by atomic mass is 16.5. The second kappa shape index (κ2) is 6.30. The molecule has 4 nitrogen and oxygen atoms in total. The van der Waals surface area contributed by atoms with E-state index in [-0.39, 0.29) is 22.7 Å². The second-order valence-corrected chi connectivity index (χ2v) is 8.59. The van der Waals surface area contributed by atoms with Crippen molar-refractivity contribution in [3.63, 3.8) is 0 Å². The Kier molecular flexibility index (Phi) is 4.59. The number of fused-ring (bicyclic) bond motifs is 1. The third kappa shape index (κ3) is 2.65. The van der Waals surface area contributed by atoms with Crippen molar-refractivity contribution in [1.29, 1.82) is 0 Å². The first kappa shape index (κ1) is 18.2. The topological polar surface area (TPSA) is 63.6 Å². The van der Waals surface area contributed by atoms with Crippen molar-refractivity contribution in [3.8, 4) is 0 Å². The molecule has 3 aliphatic carbocycles. The summed E-state index contributed by atoms with van der Waals surface area (Å²) in [5.41, 5.74) is 2.16. The van der Waals surface area contributed by atoms with Crippen LogP contribution in [0.2, 0.25) is 0 Å². The van der Waals surface area contributed by atoms with Gasteiger partial charge in [-0.05, 0) is 75.0 Å². The number of rotatable bonds is 5. The minimum atomic E-state index is -0.611. The Morgan fingerprint density at radius 2 is 2.12 bits per heavy atom. The molecule has 0 aromatic carbocycles. The summed E-state index contributed by atoms with van der Waals surface area (Å²) in [6.45, 7) is 6.37. The molecule has 2 fully saturated rings. The Labute approximate surface area is 150 Å². The molecule has 25 heavy (non-hydrogen) atoms. The molecule has 0 amide bonds. The number of hydrogen-bond donors (Lipinski definition) is 1. The molecule has 1 spiro atoms. The van der Waals surface area contributed by atoms with Crippen LogP contribution >= 0.6 is 0 Å². The quantitative estimate of drug-likeness (QED) is 0.456. The number of aliphatic carboxylic acids is 1. The zero-order valence-corrected chi connectivity index (χ0v) is 15.8. The van der Waals surface area contributed by atoms with Gasteiger partial charge in [-0.3, -0.25) is 4.79 Å². The molecular formula is C21H30O4. The maximum Gasteiger partial charge on any atom is 0.333 e. The monoisotopic (exact) mass is 346 g/mol. The zero-order valence-electron chi connectivity index (χ0n) is 15.8. The number of ether oxygens (including phenoxy) is 1. The lowest BCUT2D eigenvalue weighted by atomic mass is 9.66. The molecule has 0 saturated heterocycles. The van der Waals surface area contributed by atoms with Gasteiger partial charge in [0.15, 0.2) is 0 Å². The summed E-state index contributed by atoms with van der Waals surface area (Å²) in [7, 11) is 1.41. The Morgan fingerprint density at radius 1 is 1.40 bits per heavy atom. The fourth-order valence-corrected chi connectivity index (χ4v) is 6.38. The molecule has 3 aliphatic rings. The van der Waals surface area contributed by atoms with Crippen molar-refractivity contribution in [1.82, 2.24) is 0 Å². The lowest BCUT2D eigenvalue weighted by Gasteiger charge is -2.38. The minimum Gasteiger partial charge on any atom is -0.481 e. The van der Waals surface area contributed by atoms with Gasteiger partial charge in [0.05, 0.1) is 13.0 Å². The maximum atomic E-state index is 11.9. The number of carboxylic acid groups (broad SMARTS) is 1. The van der Waals surface area contributed by atoms with E-state index < -0.39 is 5.97 Å². The zero-order chi connectivity index (χ0) is 18.4. The van der Waals surface area contributed by atoms with E-state index in [1.165, 1.54) is 12.7 Å². The van der Waals surface area contributed by atoms with Crippen molar-refractivity contribution >= 4 is 11.9 Å². The van der Waals surface area contributed by atoms with Gasteiger partial charge in [-0.1, -0.05) is 24.6 Å². The normalized spacial score (nSPS) is 39.8. The Hall–Kier alpha value is -1.58. The lowest BCUT2D eigenvalue weighted by Crippen LogP contribution is -2.35. The Morgan fingerprint density at radius 3 is 2.76 bits per heavy atom. The number of esters is 1. The van der Waals surface area contributed by atoms with Gasteiger partial charge >= 0.3 is 11.9 Å². The van der Waals surface area contributed by atoms with Crippen molar-refractivity contribution in [3.05, 3.63) is 23.3 Å². The summed E-state index contributed by atoms with van der Waals surface area (Å²) in [5.74, 6) is -0.139. The first-order valence-corrected chi connectivity index (χ1v) is 9.41. The molecular weight excluding hydrogens is 316 g/mol. The van der Waals surface area contributed by atoms with Crippen LogP contribution in [0.4, 0.5) is 0 Å². The van der Waals surface area contributed by atoms with Gasteiger partial charge in [0.1, 0.15) is 0 Å². The number of hydrogen-bond acceptors (Lipinski definition) is 3. The van der Waals surface area contributed by atoms with Gasteiger partial charge in [-0.25, -0.2) is 4.79 Å². The van der Waals surface area contributed by atoms with Crippen LogP contribution < -0.4 is 0 Å². The second-order valence-electron chi connectivity index (χ2n) is 8.59. The minimum absolute atomic E-state index is 0.0497. The molecule has 4 heteroatoms. The third-order valence-corrected chi connectivity index (χ3v) is 7.60. The largest absolute Gasteiger partial charge is 0.481 e. The predicted molar refractivity (Wildman–Crippen MR) is 95.9 cm³/mol. The molecule has 0 heterocycles. The number of methoxy groups -OCH3 is 1. The highest BCUT2D eigenvalue weighted by molar-refractivity contribution is 5.87. The smallest absolute Gasteiger partial charge is 0.333 e. The fourth-order valence-electron chi connectivity index (χ4n) is 6.38. The molecule has 3 rings (SSSR count). The molecule has 2 bridgehead atoms. The third-order valence-electron chi connectivity index (χ3n) is 7.60. The molecule has 138 valence electrons. The van der Waals surface area contributed by atoms with Gasteiger partial charge < -0.3 is 9.84 Å². The van der Waals surface area contributed by atoms with Gasteiger partial charge in [-0.15, -0.1) is 0 Å². The molecule has 2 saturated carbocycles. The molecule has 0 aromatic heterocycles. The van der Waals surface area contributed by atoms with Crippen molar-refractivity contribution < 1.29 is 19.4 Å². The van der Waals surface area contributed by atoms with Crippen molar-refractivity contribution in [2.75, 3.05) is 7.11 Å². The van der Waals surface area contributed by atoms with Crippen LogP contribution in [0.1, 0.15) is 59.3 Å². The number of carboxylic acids is 1. The Bertz CT molecular complexity index is 646. The average molecular weight is 346 g/mol. The van der Waals surface area contributed by atoms with E-state index in [1.807, 2.05) is 6.08 Å². The molecule has 5 atom stereocenters. The summed E-state index contributed by atoms with van der Waals surface area (Å²) in [6.07, 6.45) is 9.90. The average Bonchev–Trinajstić information content (AvgIpc) is 3.03. The first-order valence-electron chi connectivity index (χ1n) is 9.41.